The second kappa shape index (κ2) is 3.52. The number of rotatable bonds is 2. The Morgan fingerprint density at radius 1 is 1.25 bits per heavy atom. The molecular formula is C11H10N2O3. The van der Waals surface area contributed by atoms with E-state index in [1.54, 1.807) is 0 Å². The van der Waals surface area contributed by atoms with Crippen LogP contribution in [0.25, 0.3) is 0 Å². The topological polar surface area (TPSA) is 51.7 Å². The first kappa shape index (κ1) is 9.21. The molecule has 82 valence electrons. The molecule has 3 heterocycles. The van der Waals surface area contributed by atoms with Gasteiger partial charge in [0.25, 0.3) is 6.29 Å². The largest absolute Gasteiger partial charge is 0.454 e. The number of ketones is 1. The van der Waals surface area contributed by atoms with Gasteiger partial charge in [-0.05, 0) is 12.1 Å². The molecule has 16 heavy (non-hydrogen) atoms. The fourth-order valence-corrected chi connectivity index (χ4v) is 1.67. The Hall–Kier alpha value is -2.04. The van der Waals surface area contributed by atoms with E-state index in [0.717, 1.165) is 5.82 Å². The number of nitrogens with zero attached hydrogens (tertiary/aromatic N) is 2. The van der Waals surface area contributed by atoms with Crippen molar-refractivity contribution in [1.82, 2.24) is 4.98 Å². The van der Waals surface area contributed by atoms with E-state index in [4.69, 9.17) is 9.47 Å². The minimum absolute atomic E-state index is 0.238. The normalized spacial score (nSPS) is 19.2. The van der Waals surface area contributed by atoms with Crippen LogP contribution in [0, 0.1) is 0 Å². The van der Waals surface area contributed by atoms with E-state index in [-0.39, 0.29) is 5.78 Å². The third-order valence-corrected chi connectivity index (χ3v) is 2.52. The van der Waals surface area contributed by atoms with Crippen molar-refractivity contribution >= 4 is 11.6 Å². The summed E-state index contributed by atoms with van der Waals surface area (Å²) < 4.78 is 10.4. The first-order valence-corrected chi connectivity index (χ1v) is 5.02. The minimum atomic E-state index is -0.461. The lowest BCUT2D eigenvalue weighted by Gasteiger charge is -2.30. The van der Waals surface area contributed by atoms with Crippen LogP contribution < -0.4 is 4.90 Å². The van der Waals surface area contributed by atoms with Gasteiger partial charge in [-0.3, -0.25) is 4.79 Å². The third-order valence-electron chi connectivity index (χ3n) is 2.52. The Labute approximate surface area is 92.3 Å². The minimum Gasteiger partial charge on any atom is -0.454 e. The van der Waals surface area contributed by atoms with E-state index in [9.17, 15) is 4.79 Å². The number of Topliss-reactive ketones (excluding diaryl/α,β-unsaturated/α-hetero) is 1. The first-order valence-electron chi connectivity index (χ1n) is 5.02. The van der Waals surface area contributed by atoms with Crippen molar-refractivity contribution in [2.75, 3.05) is 18.0 Å². The van der Waals surface area contributed by atoms with Crippen LogP contribution >= 0.6 is 0 Å². The molecule has 5 heteroatoms. The zero-order chi connectivity index (χ0) is 11.0. The number of hydrogen-bond donors (Lipinski definition) is 0. The summed E-state index contributed by atoms with van der Waals surface area (Å²) in [5, 5.41) is 0. The zero-order valence-electron chi connectivity index (χ0n) is 8.50. The number of pyridine rings is 1. The number of aromatic nitrogens is 1. The van der Waals surface area contributed by atoms with Crippen molar-refractivity contribution in [1.29, 1.82) is 0 Å². The molecule has 0 unspecified atom stereocenters. The van der Waals surface area contributed by atoms with Gasteiger partial charge in [-0.15, -0.1) is 0 Å². The molecule has 2 aliphatic rings. The van der Waals surface area contributed by atoms with Crippen LogP contribution in [-0.4, -0.2) is 23.9 Å². The summed E-state index contributed by atoms with van der Waals surface area (Å²) in [4.78, 5) is 17.2. The van der Waals surface area contributed by atoms with Crippen molar-refractivity contribution in [3.05, 3.63) is 36.4 Å². The smallest absolute Gasteiger partial charge is 0.283 e. The average molecular weight is 218 g/mol. The molecule has 1 aromatic rings. The Morgan fingerprint density at radius 3 is 2.69 bits per heavy atom. The fourth-order valence-electron chi connectivity index (χ4n) is 1.67. The van der Waals surface area contributed by atoms with Crippen LogP contribution in [0.3, 0.4) is 0 Å². The van der Waals surface area contributed by atoms with Gasteiger partial charge in [0.15, 0.2) is 5.78 Å². The number of carbonyl (C=O) groups is 1. The summed E-state index contributed by atoms with van der Waals surface area (Å²) in [6.07, 6.45) is 2.52. The van der Waals surface area contributed by atoms with Crippen LogP contribution in [0.1, 0.15) is 12.0 Å². The Kier molecular flexibility index (Phi) is 2.02. The molecular weight excluding hydrogens is 208 g/mol. The highest BCUT2D eigenvalue weighted by Gasteiger charge is 2.26. The number of ether oxygens (including phenoxy) is 2. The van der Waals surface area contributed by atoms with Gasteiger partial charge in [0, 0.05) is 0 Å². The summed E-state index contributed by atoms with van der Waals surface area (Å²) in [6.45, 7) is 0.891. The Balaban J connectivity index is 1.80. The van der Waals surface area contributed by atoms with E-state index >= 15 is 0 Å². The van der Waals surface area contributed by atoms with E-state index in [0.29, 0.717) is 18.8 Å². The first-order chi connectivity index (χ1) is 7.83. The SMILES string of the molecule is O=C1CN(c2cccc(C3OC=CO3)n2)C1. The van der Waals surface area contributed by atoms with E-state index < -0.39 is 6.29 Å². The molecule has 0 spiro atoms. The van der Waals surface area contributed by atoms with E-state index in [1.165, 1.54) is 12.5 Å². The highest BCUT2D eigenvalue weighted by molar-refractivity contribution is 5.94. The predicted octanol–water partition coefficient (Wildman–Crippen LogP) is 0.987. The summed E-state index contributed by atoms with van der Waals surface area (Å²) in [5.41, 5.74) is 0.710. The molecule has 2 aliphatic heterocycles. The molecule has 1 saturated heterocycles. The quantitative estimate of drug-likeness (QED) is 0.740. The summed E-state index contributed by atoms with van der Waals surface area (Å²) in [7, 11) is 0. The predicted molar refractivity (Wildman–Crippen MR) is 55.5 cm³/mol. The van der Waals surface area contributed by atoms with Crippen molar-refractivity contribution in [3.63, 3.8) is 0 Å². The Bertz CT molecular complexity index is 442. The van der Waals surface area contributed by atoms with E-state index in [2.05, 4.69) is 4.98 Å². The highest BCUT2D eigenvalue weighted by Crippen LogP contribution is 2.25. The second-order valence-electron chi connectivity index (χ2n) is 3.69. The van der Waals surface area contributed by atoms with Gasteiger partial charge in [-0.25, -0.2) is 4.98 Å². The van der Waals surface area contributed by atoms with Crippen LogP contribution in [0.15, 0.2) is 30.7 Å². The van der Waals surface area contributed by atoms with Gasteiger partial charge in [0.05, 0.1) is 13.1 Å². The molecule has 1 fully saturated rings. The lowest BCUT2D eigenvalue weighted by atomic mass is 10.2. The summed E-state index contributed by atoms with van der Waals surface area (Å²) >= 11 is 0. The molecule has 0 aromatic carbocycles. The molecule has 0 saturated carbocycles. The zero-order valence-corrected chi connectivity index (χ0v) is 8.50. The van der Waals surface area contributed by atoms with Crippen LogP contribution in [0.5, 0.6) is 0 Å². The van der Waals surface area contributed by atoms with Gasteiger partial charge in [0.2, 0.25) is 0 Å². The van der Waals surface area contributed by atoms with Gasteiger partial charge in [-0.2, -0.15) is 0 Å². The van der Waals surface area contributed by atoms with Crippen LogP contribution in [0.2, 0.25) is 0 Å². The number of carbonyl (C=O) groups excluding carboxylic acids is 1. The molecule has 0 N–H and O–H groups in total. The van der Waals surface area contributed by atoms with Gasteiger partial charge in [0.1, 0.15) is 24.0 Å². The lowest BCUT2D eigenvalue weighted by Crippen LogP contribution is -2.47. The highest BCUT2D eigenvalue weighted by atomic mass is 16.7. The van der Waals surface area contributed by atoms with Gasteiger partial charge < -0.3 is 14.4 Å². The maximum atomic E-state index is 10.9. The maximum Gasteiger partial charge on any atom is 0.283 e. The standard InChI is InChI=1S/C11H10N2O3/c14-8-6-13(7-8)10-3-1-2-9(12-10)11-15-4-5-16-11/h1-5,11H,6-7H2. The van der Waals surface area contributed by atoms with Crippen LogP contribution in [0.4, 0.5) is 5.82 Å². The van der Waals surface area contributed by atoms with Crippen molar-refractivity contribution in [3.8, 4) is 0 Å². The van der Waals surface area contributed by atoms with Gasteiger partial charge >= 0.3 is 0 Å². The van der Waals surface area contributed by atoms with E-state index in [1.807, 2.05) is 23.1 Å². The molecule has 0 bridgehead atoms. The van der Waals surface area contributed by atoms with Crippen LogP contribution in [-0.2, 0) is 14.3 Å². The Morgan fingerprint density at radius 2 is 2.00 bits per heavy atom. The van der Waals surface area contributed by atoms with Crippen molar-refractivity contribution < 1.29 is 14.3 Å². The maximum absolute atomic E-state index is 10.9. The molecule has 3 rings (SSSR count). The number of hydrogen-bond acceptors (Lipinski definition) is 5. The lowest BCUT2D eigenvalue weighted by molar-refractivity contribution is -0.119. The molecule has 0 amide bonds. The molecule has 0 radical (unpaired) electrons. The van der Waals surface area contributed by atoms with Crippen molar-refractivity contribution in [2.45, 2.75) is 6.29 Å². The molecule has 0 aliphatic carbocycles. The summed E-state index contributed by atoms with van der Waals surface area (Å²) in [6, 6.07) is 5.59. The molecule has 0 atom stereocenters. The van der Waals surface area contributed by atoms with Crippen molar-refractivity contribution in [2.24, 2.45) is 0 Å². The average Bonchev–Trinajstić information content (AvgIpc) is 2.78. The summed E-state index contributed by atoms with van der Waals surface area (Å²) in [5.74, 6) is 1.03. The third kappa shape index (κ3) is 1.50. The number of anilines is 1. The fraction of sp³-hybridized carbons (Fsp3) is 0.273. The van der Waals surface area contributed by atoms with Gasteiger partial charge in [-0.1, -0.05) is 6.07 Å². The monoisotopic (exact) mass is 218 g/mol. The molecule has 1 aromatic heterocycles. The molecule has 5 nitrogen and oxygen atoms in total. The second-order valence-corrected chi connectivity index (χ2v) is 3.69.